The standard InChI is InChI=1S/C84H164O17P2/c1-6-10-13-16-19-22-25-27-28-29-33-36-39-44-48-53-58-63-68-82(87)95-74-80(101-84(89)70-65-60-55-50-45-40-37-34-31-30-32-35-38-42-46-51-56-61-66-77(5)9-4)76-99-103(92,93)97-72-78(85)71-96-102(90,91)98-75-79(73-94-81(86)67-62-57-52-47-41-24-21-18-15-12-8-3)100-83(88)69-64-59-54-49-43-26-23-20-17-14-11-7-2/h77-80,85H,6-76H2,1-5H3,(H,90,91)(H,92,93)/t77?,78-,79+,80+/m0/s1. The molecular formula is C84H164O17P2. The van der Waals surface area contributed by atoms with Gasteiger partial charge >= 0.3 is 39.5 Å². The number of aliphatic hydroxyl groups excluding tert-OH is 1. The van der Waals surface area contributed by atoms with Crippen LogP contribution in [0.2, 0.25) is 0 Å². The lowest BCUT2D eigenvalue weighted by atomic mass is 9.99. The summed E-state index contributed by atoms with van der Waals surface area (Å²) in [5, 5.41) is 10.7. The van der Waals surface area contributed by atoms with Gasteiger partial charge in [-0.2, -0.15) is 0 Å². The number of carbonyl (C=O) groups is 4. The summed E-state index contributed by atoms with van der Waals surface area (Å²) < 4.78 is 68.8. The van der Waals surface area contributed by atoms with Gasteiger partial charge in [0.05, 0.1) is 26.4 Å². The normalized spacial score (nSPS) is 14.1. The molecule has 0 rings (SSSR count). The Morgan fingerprint density at radius 1 is 0.272 bits per heavy atom. The van der Waals surface area contributed by atoms with Gasteiger partial charge in [0.2, 0.25) is 0 Å². The van der Waals surface area contributed by atoms with Crippen molar-refractivity contribution in [3.05, 3.63) is 0 Å². The van der Waals surface area contributed by atoms with Gasteiger partial charge in [0, 0.05) is 25.7 Å². The second-order valence-electron chi connectivity index (χ2n) is 30.5. The van der Waals surface area contributed by atoms with Gasteiger partial charge in [0.15, 0.2) is 12.2 Å². The number of hydrogen-bond acceptors (Lipinski definition) is 15. The molecule has 0 aliphatic rings. The Kier molecular flexibility index (Phi) is 75.4. The first kappa shape index (κ1) is 101. The number of phosphoric acid groups is 2. The Labute approximate surface area is 632 Å². The van der Waals surface area contributed by atoms with Crippen LogP contribution in [0.15, 0.2) is 0 Å². The fourth-order valence-electron chi connectivity index (χ4n) is 13.1. The van der Waals surface area contributed by atoms with Crippen molar-refractivity contribution < 1.29 is 80.2 Å². The summed E-state index contributed by atoms with van der Waals surface area (Å²) in [5.74, 6) is -1.23. The smallest absolute Gasteiger partial charge is 0.462 e. The monoisotopic (exact) mass is 1510 g/mol. The molecule has 0 saturated heterocycles. The van der Waals surface area contributed by atoms with Crippen molar-refractivity contribution in [2.24, 2.45) is 5.92 Å². The molecule has 3 unspecified atom stereocenters. The van der Waals surface area contributed by atoms with E-state index in [0.29, 0.717) is 25.7 Å². The van der Waals surface area contributed by atoms with E-state index in [9.17, 15) is 43.2 Å². The molecule has 0 spiro atoms. The zero-order valence-electron chi connectivity index (χ0n) is 67.5. The van der Waals surface area contributed by atoms with Crippen LogP contribution in [0.5, 0.6) is 0 Å². The van der Waals surface area contributed by atoms with Crippen LogP contribution >= 0.6 is 15.6 Å². The third kappa shape index (κ3) is 76.6. The van der Waals surface area contributed by atoms with E-state index in [0.717, 1.165) is 95.8 Å². The third-order valence-electron chi connectivity index (χ3n) is 20.1. The summed E-state index contributed by atoms with van der Waals surface area (Å²) in [5.41, 5.74) is 0. The van der Waals surface area contributed by atoms with Crippen molar-refractivity contribution in [2.75, 3.05) is 39.6 Å². The van der Waals surface area contributed by atoms with Crippen molar-refractivity contribution in [3.8, 4) is 0 Å². The van der Waals surface area contributed by atoms with Gasteiger partial charge in [-0.15, -0.1) is 0 Å². The topological polar surface area (TPSA) is 237 Å². The van der Waals surface area contributed by atoms with Crippen molar-refractivity contribution in [1.82, 2.24) is 0 Å². The maximum absolute atomic E-state index is 13.1. The molecule has 0 aliphatic heterocycles. The summed E-state index contributed by atoms with van der Waals surface area (Å²) in [6, 6.07) is 0. The van der Waals surface area contributed by atoms with Crippen LogP contribution in [0.25, 0.3) is 0 Å². The molecule has 0 amide bonds. The summed E-state index contributed by atoms with van der Waals surface area (Å²) >= 11 is 0. The quantitative estimate of drug-likeness (QED) is 0.0222. The van der Waals surface area contributed by atoms with Crippen LogP contribution in [-0.4, -0.2) is 96.7 Å². The van der Waals surface area contributed by atoms with Crippen LogP contribution in [0.4, 0.5) is 0 Å². The molecule has 17 nitrogen and oxygen atoms in total. The first-order chi connectivity index (χ1) is 50.1. The predicted octanol–water partition coefficient (Wildman–Crippen LogP) is 25.6. The van der Waals surface area contributed by atoms with E-state index in [1.54, 1.807) is 0 Å². The molecular weight excluding hydrogens is 1340 g/mol. The molecule has 0 aromatic heterocycles. The second-order valence-corrected chi connectivity index (χ2v) is 33.4. The van der Waals surface area contributed by atoms with Crippen LogP contribution in [0, 0.1) is 5.92 Å². The molecule has 0 fully saturated rings. The second kappa shape index (κ2) is 76.8. The van der Waals surface area contributed by atoms with Gasteiger partial charge in [-0.05, 0) is 31.6 Å². The highest BCUT2D eigenvalue weighted by molar-refractivity contribution is 7.47. The maximum Gasteiger partial charge on any atom is 0.472 e. The molecule has 103 heavy (non-hydrogen) atoms. The van der Waals surface area contributed by atoms with E-state index in [2.05, 4.69) is 34.6 Å². The van der Waals surface area contributed by atoms with E-state index >= 15 is 0 Å². The molecule has 0 saturated carbocycles. The van der Waals surface area contributed by atoms with E-state index in [1.807, 2.05) is 0 Å². The Hall–Kier alpha value is -1.94. The molecule has 3 N–H and O–H groups in total. The van der Waals surface area contributed by atoms with Gasteiger partial charge in [0.1, 0.15) is 19.3 Å². The minimum Gasteiger partial charge on any atom is -0.462 e. The van der Waals surface area contributed by atoms with Crippen molar-refractivity contribution >= 4 is 39.5 Å². The molecule has 19 heteroatoms. The Morgan fingerprint density at radius 3 is 0.689 bits per heavy atom. The molecule has 0 aromatic carbocycles. The fraction of sp³-hybridized carbons (Fsp3) is 0.952. The summed E-state index contributed by atoms with van der Waals surface area (Å²) in [7, 11) is -9.92. The average molecular weight is 1510 g/mol. The van der Waals surface area contributed by atoms with Gasteiger partial charge < -0.3 is 33.8 Å². The van der Waals surface area contributed by atoms with E-state index in [4.69, 9.17) is 37.0 Å². The Bertz CT molecular complexity index is 1960. The first-order valence-electron chi connectivity index (χ1n) is 43.7. The Morgan fingerprint density at radius 2 is 0.466 bits per heavy atom. The molecule has 6 atom stereocenters. The van der Waals surface area contributed by atoms with Crippen LogP contribution in [0.1, 0.15) is 452 Å². The molecule has 612 valence electrons. The van der Waals surface area contributed by atoms with Crippen LogP contribution in [-0.2, 0) is 65.4 Å². The number of rotatable bonds is 84. The van der Waals surface area contributed by atoms with E-state index < -0.39 is 97.5 Å². The predicted molar refractivity (Wildman–Crippen MR) is 423 cm³/mol. The number of aliphatic hydroxyl groups is 1. The molecule has 0 heterocycles. The summed E-state index contributed by atoms with van der Waals surface area (Å²) in [6.45, 7) is 7.41. The van der Waals surface area contributed by atoms with Crippen molar-refractivity contribution in [3.63, 3.8) is 0 Å². The lowest BCUT2D eigenvalue weighted by molar-refractivity contribution is -0.161. The molecule has 0 aliphatic carbocycles. The highest BCUT2D eigenvalue weighted by Crippen LogP contribution is 2.45. The number of ether oxygens (including phenoxy) is 4. The summed E-state index contributed by atoms with van der Waals surface area (Å²) in [4.78, 5) is 73.1. The maximum atomic E-state index is 13.1. The number of hydrogen-bond donors (Lipinski definition) is 3. The third-order valence-corrected chi connectivity index (χ3v) is 22.0. The first-order valence-corrected chi connectivity index (χ1v) is 46.7. The minimum absolute atomic E-state index is 0.108. The number of carbonyl (C=O) groups excluding carboxylic acids is 4. The zero-order valence-corrected chi connectivity index (χ0v) is 69.3. The zero-order chi connectivity index (χ0) is 75.5. The van der Waals surface area contributed by atoms with Crippen LogP contribution < -0.4 is 0 Å². The minimum atomic E-state index is -4.96. The largest absolute Gasteiger partial charge is 0.472 e. The number of phosphoric ester groups is 2. The number of esters is 4. The Balaban J connectivity index is 5.21. The van der Waals surface area contributed by atoms with Gasteiger partial charge in [-0.1, -0.05) is 401 Å². The number of unbranched alkanes of at least 4 members (excludes halogenated alkanes) is 55. The molecule has 0 bridgehead atoms. The highest BCUT2D eigenvalue weighted by Gasteiger charge is 2.30. The lowest BCUT2D eigenvalue weighted by Gasteiger charge is -2.21. The molecule has 0 radical (unpaired) electrons. The summed E-state index contributed by atoms with van der Waals surface area (Å²) in [6.07, 6.45) is 69.3. The van der Waals surface area contributed by atoms with Crippen LogP contribution in [0.3, 0.4) is 0 Å². The van der Waals surface area contributed by atoms with Gasteiger partial charge in [-0.3, -0.25) is 37.3 Å². The van der Waals surface area contributed by atoms with Crippen molar-refractivity contribution in [1.29, 1.82) is 0 Å². The van der Waals surface area contributed by atoms with E-state index in [-0.39, 0.29) is 25.7 Å². The van der Waals surface area contributed by atoms with Gasteiger partial charge in [-0.25, -0.2) is 9.13 Å². The lowest BCUT2D eigenvalue weighted by Crippen LogP contribution is -2.30. The SMILES string of the molecule is CCCCCCCCCCCCCCCCCCCCC(=O)OC[C@H](COP(=O)(O)OC[C@@H](O)COP(=O)(O)OC[C@@H](COC(=O)CCCCCCCCCCCCC)OC(=O)CCCCCCCCCCCCCC)OC(=O)CCCCCCCCCCCCCCCCCCCCC(C)CC. The molecule has 0 aromatic rings. The average Bonchev–Trinajstić information content (AvgIpc) is 0.933. The highest BCUT2D eigenvalue weighted by atomic mass is 31.2. The van der Waals surface area contributed by atoms with Gasteiger partial charge in [0.25, 0.3) is 0 Å². The van der Waals surface area contributed by atoms with E-state index in [1.165, 1.54) is 276 Å². The van der Waals surface area contributed by atoms with Crippen molar-refractivity contribution in [2.45, 2.75) is 470 Å². The fourth-order valence-corrected chi connectivity index (χ4v) is 14.7.